The van der Waals surface area contributed by atoms with Gasteiger partial charge in [0.2, 0.25) is 0 Å². The van der Waals surface area contributed by atoms with Gasteiger partial charge in [-0.3, -0.25) is 4.90 Å². The van der Waals surface area contributed by atoms with Crippen molar-refractivity contribution in [1.29, 1.82) is 0 Å². The molecule has 0 atom stereocenters. The predicted molar refractivity (Wildman–Crippen MR) is 130 cm³/mol. The number of phenolic OH excluding ortho intramolecular Hbond substituents is 1. The van der Waals surface area contributed by atoms with E-state index in [1.54, 1.807) is 12.1 Å². The van der Waals surface area contributed by atoms with E-state index in [0.29, 0.717) is 29.2 Å². The average Bonchev–Trinajstić information content (AvgIpc) is 2.85. The molecule has 2 N–H and O–H groups in total. The number of phenols is 1. The fraction of sp³-hybridized carbons (Fsp3) is 0.407. The summed E-state index contributed by atoms with van der Waals surface area (Å²) in [5.74, 6) is -0.874. The Bertz CT molecular complexity index is 1130. The van der Waals surface area contributed by atoms with Gasteiger partial charge in [-0.15, -0.1) is 0 Å². The Labute approximate surface area is 194 Å². The lowest BCUT2D eigenvalue weighted by Crippen LogP contribution is -2.46. The zero-order chi connectivity index (χ0) is 22.8. The summed E-state index contributed by atoms with van der Waals surface area (Å²) < 4.78 is 0. The zero-order valence-corrected chi connectivity index (χ0v) is 18.9. The van der Waals surface area contributed by atoms with E-state index >= 15 is 0 Å². The minimum absolute atomic E-state index is 0.0814. The van der Waals surface area contributed by atoms with Crippen molar-refractivity contribution in [2.45, 2.75) is 44.7 Å². The van der Waals surface area contributed by atoms with Crippen molar-refractivity contribution in [3.63, 3.8) is 0 Å². The average molecular weight is 446 g/mol. The molecule has 6 heteroatoms. The van der Waals surface area contributed by atoms with Gasteiger partial charge in [0.15, 0.2) is 0 Å². The highest BCUT2D eigenvalue weighted by atomic mass is 16.4. The smallest absolute Gasteiger partial charge is 0.336 e. The Hall–Kier alpha value is -2.96. The summed E-state index contributed by atoms with van der Waals surface area (Å²) in [4.78, 5) is 22.4. The Balaban J connectivity index is 1.49. The maximum absolute atomic E-state index is 12.5. The molecule has 0 bridgehead atoms. The molecule has 1 aromatic heterocycles. The summed E-state index contributed by atoms with van der Waals surface area (Å²) in [6, 6.07) is 15.2. The minimum Gasteiger partial charge on any atom is -0.508 e. The number of nitrogens with zero attached hydrogens (tertiary/aromatic N) is 3. The number of hydrogen-bond acceptors (Lipinski definition) is 5. The minimum atomic E-state index is -0.955. The van der Waals surface area contributed by atoms with Gasteiger partial charge in [-0.05, 0) is 64.0 Å². The van der Waals surface area contributed by atoms with Crippen LogP contribution in [-0.2, 0) is 6.54 Å². The quantitative estimate of drug-likeness (QED) is 0.590. The van der Waals surface area contributed by atoms with Crippen LogP contribution in [-0.4, -0.2) is 63.2 Å². The normalized spacial score (nSPS) is 18.5. The van der Waals surface area contributed by atoms with Crippen LogP contribution < -0.4 is 0 Å². The molecule has 2 saturated heterocycles. The molecule has 0 saturated carbocycles. The molecule has 6 nitrogen and oxygen atoms in total. The molecule has 0 unspecified atom stereocenters. The van der Waals surface area contributed by atoms with Crippen LogP contribution in [0, 0.1) is 0 Å². The maximum atomic E-state index is 12.5. The van der Waals surface area contributed by atoms with Gasteiger partial charge in [0, 0.05) is 35.2 Å². The molecule has 33 heavy (non-hydrogen) atoms. The molecule has 3 aromatic rings. The number of aromatic carboxylic acids is 1. The SMILES string of the molecule is O=C(O)c1c(CN2CCC(N3CCCCC3)CC2)c(-c2ccccc2)nc2cc(O)ccc12. The summed E-state index contributed by atoms with van der Waals surface area (Å²) in [5.41, 5.74) is 3.12. The molecule has 2 fully saturated rings. The van der Waals surface area contributed by atoms with Crippen LogP contribution in [0.5, 0.6) is 5.75 Å². The third kappa shape index (κ3) is 4.59. The lowest BCUT2D eigenvalue weighted by molar-refractivity contribution is 0.0692. The van der Waals surface area contributed by atoms with E-state index in [2.05, 4.69) is 9.80 Å². The number of likely N-dealkylation sites (tertiary alicyclic amines) is 2. The molecule has 0 radical (unpaired) electrons. The number of carboxylic acid groups (broad SMARTS) is 1. The summed E-state index contributed by atoms with van der Waals surface area (Å²) in [7, 11) is 0. The van der Waals surface area contributed by atoms with Crippen LogP contribution in [0.1, 0.15) is 48.0 Å². The second-order valence-corrected chi connectivity index (χ2v) is 9.29. The van der Waals surface area contributed by atoms with Crippen molar-refractivity contribution >= 4 is 16.9 Å². The van der Waals surface area contributed by atoms with Crippen molar-refractivity contribution in [3.05, 3.63) is 59.7 Å². The molecule has 3 heterocycles. The first-order valence-electron chi connectivity index (χ1n) is 12.0. The number of benzene rings is 2. The Kier molecular flexibility index (Phi) is 6.29. The van der Waals surface area contributed by atoms with Gasteiger partial charge < -0.3 is 15.1 Å². The summed E-state index contributed by atoms with van der Waals surface area (Å²) in [6.07, 6.45) is 6.21. The van der Waals surface area contributed by atoms with Gasteiger partial charge in [-0.25, -0.2) is 9.78 Å². The number of carbonyl (C=O) groups is 1. The summed E-state index contributed by atoms with van der Waals surface area (Å²) in [6.45, 7) is 4.91. The fourth-order valence-electron chi connectivity index (χ4n) is 5.48. The number of piperidine rings is 2. The van der Waals surface area contributed by atoms with E-state index < -0.39 is 5.97 Å². The van der Waals surface area contributed by atoms with E-state index in [9.17, 15) is 15.0 Å². The van der Waals surface area contributed by atoms with Crippen molar-refractivity contribution in [2.24, 2.45) is 0 Å². The number of rotatable bonds is 5. The van der Waals surface area contributed by atoms with Crippen LogP contribution in [0.3, 0.4) is 0 Å². The molecule has 5 rings (SSSR count). The van der Waals surface area contributed by atoms with Gasteiger partial charge in [-0.1, -0.05) is 36.8 Å². The first-order chi connectivity index (χ1) is 16.1. The Morgan fingerprint density at radius 3 is 2.39 bits per heavy atom. The third-order valence-electron chi connectivity index (χ3n) is 7.18. The standard InChI is InChI=1S/C27H31N3O3/c31-21-9-10-22-24(17-21)28-26(19-7-3-1-4-8-19)23(25(22)27(32)33)18-29-15-11-20(12-16-29)30-13-5-2-6-14-30/h1,3-4,7-10,17,20,31H,2,5-6,11-16,18H2,(H,32,33). The highest BCUT2D eigenvalue weighted by Crippen LogP contribution is 2.33. The van der Waals surface area contributed by atoms with E-state index in [0.717, 1.165) is 37.1 Å². The molecular formula is C27H31N3O3. The summed E-state index contributed by atoms with van der Waals surface area (Å²) >= 11 is 0. The second-order valence-electron chi connectivity index (χ2n) is 9.29. The van der Waals surface area contributed by atoms with Crippen molar-refractivity contribution in [3.8, 4) is 17.0 Å². The van der Waals surface area contributed by atoms with Crippen LogP contribution in [0.4, 0.5) is 0 Å². The zero-order valence-electron chi connectivity index (χ0n) is 18.9. The number of carboxylic acids is 1. The van der Waals surface area contributed by atoms with Gasteiger partial charge in [0.1, 0.15) is 5.75 Å². The number of aromatic hydroxyl groups is 1. The molecule has 0 amide bonds. The molecule has 2 aromatic carbocycles. The van der Waals surface area contributed by atoms with Crippen LogP contribution in [0.15, 0.2) is 48.5 Å². The Morgan fingerprint density at radius 1 is 0.970 bits per heavy atom. The van der Waals surface area contributed by atoms with Crippen LogP contribution in [0.2, 0.25) is 0 Å². The van der Waals surface area contributed by atoms with Crippen molar-refractivity contribution in [1.82, 2.24) is 14.8 Å². The lowest BCUT2D eigenvalue weighted by Gasteiger charge is -2.40. The lowest BCUT2D eigenvalue weighted by atomic mass is 9.94. The van der Waals surface area contributed by atoms with Crippen molar-refractivity contribution in [2.75, 3.05) is 26.2 Å². The van der Waals surface area contributed by atoms with Gasteiger partial charge in [-0.2, -0.15) is 0 Å². The fourth-order valence-corrected chi connectivity index (χ4v) is 5.48. The molecule has 0 aliphatic carbocycles. The number of pyridine rings is 1. The van der Waals surface area contributed by atoms with E-state index in [4.69, 9.17) is 4.98 Å². The Morgan fingerprint density at radius 2 is 1.70 bits per heavy atom. The first-order valence-corrected chi connectivity index (χ1v) is 12.0. The largest absolute Gasteiger partial charge is 0.508 e. The van der Waals surface area contributed by atoms with Crippen LogP contribution in [0.25, 0.3) is 22.2 Å². The highest BCUT2D eigenvalue weighted by Gasteiger charge is 2.28. The van der Waals surface area contributed by atoms with Crippen LogP contribution >= 0.6 is 0 Å². The van der Waals surface area contributed by atoms with Gasteiger partial charge >= 0.3 is 5.97 Å². The highest BCUT2D eigenvalue weighted by molar-refractivity contribution is 6.06. The van der Waals surface area contributed by atoms with Crippen molar-refractivity contribution < 1.29 is 15.0 Å². The predicted octanol–water partition coefficient (Wildman–Crippen LogP) is 4.76. The van der Waals surface area contributed by atoms with Gasteiger partial charge in [0.05, 0.1) is 16.8 Å². The number of aromatic nitrogens is 1. The number of hydrogen-bond donors (Lipinski definition) is 2. The summed E-state index contributed by atoms with van der Waals surface area (Å²) in [5, 5.41) is 20.8. The molecular weight excluding hydrogens is 414 g/mol. The number of fused-ring (bicyclic) bond motifs is 1. The maximum Gasteiger partial charge on any atom is 0.336 e. The monoisotopic (exact) mass is 445 g/mol. The molecule has 0 spiro atoms. The first kappa shape index (κ1) is 21.9. The van der Waals surface area contributed by atoms with E-state index in [1.165, 1.54) is 38.4 Å². The van der Waals surface area contributed by atoms with E-state index in [-0.39, 0.29) is 11.3 Å². The second kappa shape index (κ2) is 9.49. The van der Waals surface area contributed by atoms with Gasteiger partial charge in [0.25, 0.3) is 0 Å². The molecule has 172 valence electrons. The topological polar surface area (TPSA) is 76.9 Å². The molecule has 2 aliphatic rings. The van der Waals surface area contributed by atoms with E-state index in [1.807, 2.05) is 30.3 Å². The molecule has 2 aliphatic heterocycles. The third-order valence-corrected chi connectivity index (χ3v) is 7.18.